The summed E-state index contributed by atoms with van der Waals surface area (Å²) >= 11 is 0. The molecule has 3 nitrogen and oxygen atoms in total. The zero-order valence-corrected chi connectivity index (χ0v) is 10.7. The fourth-order valence-corrected chi connectivity index (χ4v) is 3.06. The number of carboxylic acid groups (broad SMARTS) is 1. The van der Waals surface area contributed by atoms with Crippen LogP contribution in [0.25, 0.3) is 0 Å². The molecule has 0 aromatic heterocycles. The van der Waals surface area contributed by atoms with E-state index in [1.165, 1.54) is 18.4 Å². The molecular formula is C15H19NO2. The Balaban J connectivity index is 1.84. The van der Waals surface area contributed by atoms with Crippen molar-refractivity contribution in [3.05, 3.63) is 34.9 Å². The molecule has 0 spiro atoms. The first-order valence-corrected chi connectivity index (χ1v) is 6.75. The molecule has 3 rings (SSSR count). The van der Waals surface area contributed by atoms with Crippen molar-refractivity contribution in [3.8, 4) is 0 Å². The molecule has 0 radical (unpaired) electrons. The molecule has 1 fully saturated rings. The van der Waals surface area contributed by atoms with Crippen molar-refractivity contribution in [1.82, 2.24) is 4.90 Å². The summed E-state index contributed by atoms with van der Waals surface area (Å²) in [6.07, 6.45) is 3.59. The molecule has 1 saturated carbocycles. The minimum atomic E-state index is -0.796. The van der Waals surface area contributed by atoms with Crippen molar-refractivity contribution in [1.29, 1.82) is 0 Å². The highest BCUT2D eigenvalue weighted by Gasteiger charge is 2.33. The SMILES string of the molecule is CC(C1CC1)N1CCc2c(cccc2C(=O)O)C1. The highest BCUT2D eigenvalue weighted by Crippen LogP contribution is 2.37. The van der Waals surface area contributed by atoms with Crippen LogP contribution in [-0.2, 0) is 13.0 Å². The minimum Gasteiger partial charge on any atom is -0.478 e. The predicted octanol–water partition coefficient (Wildman–Crippen LogP) is 2.54. The van der Waals surface area contributed by atoms with Crippen molar-refractivity contribution in [2.24, 2.45) is 5.92 Å². The number of carboxylic acids is 1. The van der Waals surface area contributed by atoms with Crippen molar-refractivity contribution in [2.45, 2.75) is 38.8 Å². The van der Waals surface area contributed by atoms with Crippen LogP contribution in [-0.4, -0.2) is 28.6 Å². The normalized spacial score (nSPS) is 21.4. The zero-order chi connectivity index (χ0) is 12.7. The number of fused-ring (bicyclic) bond motifs is 1. The van der Waals surface area contributed by atoms with Crippen LogP contribution in [0.2, 0.25) is 0 Å². The molecule has 1 aliphatic carbocycles. The van der Waals surface area contributed by atoms with E-state index >= 15 is 0 Å². The van der Waals surface area contributed by atoms with Crippen LogP contribution in [0.4, 0.5) is 0 Å². The van der Waals surface area contributed by atoms with Gasteiger partial charge in [0.2, 0.25) is 0 Å². The lowest BCUT2D eigenvalue weighted by molar-refractivity contribution is 0.0694. The summed E-state index contributed by atoms with van der Waals surface area (Å²) in [6.45, 7) is 4.22. The van der Waals surface area contributed by atoms with Gasteiger partial charge in [-0.05, 0) is 49.3 Å². The topological polar surface area (TPSA) is 40.5 Å². The van der Waals surface area contributed by atoms with E-state index in [0.29, 0.717) is 11.6 Å². The zero-order valence-electron chi connectivity index (χ0n) is 10.7. The summed E-state index contributed by atoms with van der Waals surface area (Å²) in [5.74, 6) is 0.0738. The summed E-state index contributed by atoms with van der Waals surface area (Å²) in [5, 5.41) is 9.20. The van der Waals surface area contributed by atoms with E-state index < -0.39 is 5.97 Å². The first kappa shape index (κ1) is 11.7. The number of carbonyl (C=O) groups is 1. The molecule has 1 heterocycles. The first-order chi connectivity index (χ1) is 8.66. The number of nitrogens with zero attached hydrogens (tertiary/aromatic N) is 1. The molecule has 1 atom stereocenters. The van der Waals surface area contributed by atoms with Crippen molar-refractivity contribution >= 4 is 5.97 Å². The molecule has 1 aromatic rings. The molecule has 18 heavy (non-hydrogen) atoms. The molecule has 96 valence electrons. The maximum Gasteiger partial charge on any atom is 0.335 e. The molecule has 1 aliphatic heterocycles. The third-order valence-electron chi connectivity index (χ3n) is 4.41. The Morgan fingerprint density at radius 1 is 1.44 bits per heavy atom. The molecule has 0 bridgehead atoms. The second kappa shape index (κ2) is 4.39. The Morgan fingerprint density at radius 3 is 2.89 bits per heavy atom. The first-order valence-electron chi connectivity index (χ1n) is 6.75. The molecule has 0 saturated heterocycles. The van der Waals surface area contributed by atoms with Gasteiger partial charge in [-0.15, -0.1) is 0 Å². The molecule has 1 aromatic carbocycles. The van der Waals surface area contributed by atoms with Crippen molar-refractivity contribution < 1.29 is 9.90 Å². The lowest BCUT2D eigenvalue weighted by Gasteiger charge is -2.34. The Kier molecular flexibility index (Phi) is 2.86. The van der Waals surface area contributed by atoms with E-state index in [1.807, 2.05) is 6.07 Å². The van der Waals surface area contributed by atoms with Crippen molar-refractivity contribution in [2.75, 3.05) is 6.54 Å². The van der Waals surface area contributed by atoms with Gasteiger partial charge in [0, 0.05) is 19.1 Å². The van der Waals surface area contributed by atoms with E-state index in [2.05, 4.69) is 17.9 Å². The number of benzene rings is 1. The Morgan fingerprint density at radius 2 is 2.22 bits per heavy atom. The minimum absolute atomic E-state index is 0.492. The van der Waals surface area contributed by atoms with E-state index in [-0.39, 0.29) is 0 Å². The molecule has 3 heteroatoms. The van der Waals surface area contributed by atoms with Gasteiger partial charge >= 0.3 is 5.97 Å². The van der Waals surface area contributed by atoms with Crippen LogP contribution >= 0.6 is 0 Å². The quantitative estimate of drug-likeness (QED) is 0.889. The maximum atomic E-state index is 11.2. The molecule has 1 N–H and O–H groups in total. The van der Waals surface area contributed by atoms with Gasteiger partial charge in [0.15, 0.2) is 0 Å². The highest BCUT2D eigenvalue weighted by molar-refractivity contribution is 5.89. The third-order valence-corrected chi connectivity index (χ3v) is 4.41. The monoisotopic (exact) mass is 245 g/mol. The van der Waals surface area contributed by atoms with Crippen LogP contribution in [0.5, 0.6) is 0 Å². The van der Waals surface area contributed by atoms with Crippen LogP contribution in [0.1, 0.15) is 41.3 Å². The van der Waals surface area contributed by atoms with Gasteiger partial charge < -0.3 is 5.11 Å². The lowest BCUT2D eigenvalue weighted by atomic mass is 9.93. The fourth-order valence-electron chi connectivity index (χ4n) is 3.06. The van der Waals surface area contributed by atoms with Gasteiger partial charge in [0.1, 0.15) is 0 Å². The van der Waals surface area contributed by atoms with Crippen LogP contribution in [0.15, 0.2) is 18.2 Å². The third kappa shape index (κ3) is 2.03. The van der Waals surface area contributed by atoms with E-state index in [9.17, 15) is 9.90 Å². The average Bonchev–Trinajstić information content (AvgIpc) is 3.20. The molecule has 2 aliphatic rings. The highest BCUT2D eigenvalue weighted by atomic mass is 16.4. The number of aromatic carboxylic acids is 1. The second-order valence-corrected chi connectivity index (χ2v) is 5.55. The van der Waals surface area contributed by atoms with Gasteiger partial charge in [-0.1, -0.05) is 12.1 Å². The summed E-state index contributed by atoms with van der Waals surface area (Å²) < 4.78 is 0. The van der Waals surface area contributed by atoms with Crippen LogP contribution < -0.4 is 0 Å². The van der Waals surface area contributed by atoms with Crippen molar-refractivity contribution in [3.63, 3.8) is 0 Å². The largest absolute Gasteiger partial charge is 0.478 e. The molecule has 0 amide bonds. The van der Waals surface area contributed by atoms with Crippen LogP contribution in [0, 0.1) is 5.92 Å². The smallest absolute Gasteiger partial charge is 0.335 e. The van der Waals surface area contributed by atoms with Gasteiger partial charge in [-0.2, -0.15) is 0 Å². The maximum absolute atomic E-state index is 11.2. The van der Waals surface area contributed by atoms with E-state index in [1.54, 1.807) is 6.07 Å². The van der Waals surface area contributed by atoms with Gasteiger partial charge in [-0.25, -0.2) is 4.79 Å². The second-order valence-electron chi connectivity index (χ2n) is 5.55. The fraction of sp³-hybridized carbons (Fsp3) is 0.533. The Labute approximate surface area is 107 Å². The summed E-state index contributed by atoms with van der Waals surface area (Å²) in [4.78, 5) is 13.7. The van der Waals surface area contributed by atoms with E-state index in [0.717, 1.165) is 31.0 Å². The standard InChI is InChI=1S/C15H19NO2/c1-10(11-5-6-11)16-8-7-13-12(9-16)3-2-4-14(13)15(17)18/h2-4,10-11H,5-9H2,1H3,(H,17,18). The van der Waals surface area contributed by atoms with Crippen LogP contribution in [0.3, 0.4) is 0 Å². The van der Waals surface area contributed by atoms with E-state index in [4.69, 9.17) is 0 Å². The molecular weight excluding hydrogens is 226 g/mol. The van der Waals surface area contributed by atoms with Gasteiger partial charge in [-0.3, -0.25) is 4.90 Å². The number of hydrogen-bond acceptors (Lipinski definition) is 2. The molecule has 1 unspecified atom stereocenters. The average molecular weight is 245 g/mol. The Bertz CT molecular complexity index is 479. The summed E-state index contributed by atoms with van der Waals surface area (Å²) in [7, 11) is 0. The predicted molar refractivity (Wildman–Crippen MR) is 69.7 cm³/mol. The number of hydrogen-bond donors (Lipinski definition) is 1. The van der Waals surface area contributed by atoms with Gasteiger partial charge in [0.05, 0.1) is 5.56 Å². The lowest BCUT2D eigenvalue weighted by Crippen LogP contribution is -2.39. The summed E-state index contributed by atoms with van der Waals surface area (Å²) in [5.41, 5.74) is 2.74. The summed E-state index contributed by atoms with van der Waals surface area (Å²) in [6, 6.07) is 6.31. The number of rotatable bonds is 3. The van der Waals surface area contributed by atoms with Gasteiger partial charge in [0.25, 0.3) is 0 Å². The Hall–Kier alpha value is -1.35.